The van der Waals surface area contributed by atoms with E-state index in [1.54, 1.807) is 0 Å². The van der Waals surface area contributed by atoms with Crippen molar-refractivity contribution < 1.29 is 4.74 Å². The topological polar surface area (TPSA) is 38.5 Å². The van der Waals surface area contributed by atoms with Crippen LogP contribution in [0.5, 0.6) is 0 Å². The molecule has 1 fully saturated rings. The zero-order valence-corrected chi connectivity index (χ0v) is 12.3. The van der Waals surface area contributed by atoms with Gasteiger partial charge in [-0.1, -0.05) is 44.2 Å². The Morgan fingerprint density at radius 2 is 2.05 bits per heavy atom. The van der Waals surface area contributed by atoms with Crippen LogP contribution in [0.2, 0.25) is 0 Å². The molecule has 19 heavy (non-hydrogen) atoms. The van der Waals surface area contributed by atoms with Crippen molar-refractivity contribution >= 4 is 0 Å². The van der Waals surface area contributed by atoms with Crippen molar-refractivity contribution in [1.82, 2.24) is 4.90 Å². The van der Waals surface area contributed by atoms with Gasteiger partial charge in [0.25, 0.3) is 0 Å². The lowest BCUT2D eigenvalue weighted by molar-refractivity contribution is -0.0424. The maximum absolute atomic E-state index is 5.95. The minimum atomic E-state index is 0.0997. The van der Waals surface area contributed by atoms with Crippen molar-refractivity contribution in [1.29, 1.82) is 0 Å². The molecule has 0 aromatic heterocycles. The molecule has 1 aliphatic rings. The van der Waals surface area contributed by atoms with Gasteiger partial charge in [-0.25, -0.2) is 0 Å². The molecule has 0 amide bonds. The molecule has 0 bridgehead atoms. The number of hydrogen-bond acceptors (Lipinski definition) is 3. The molecular weight excluding hydrogens is 236 g/mol. The van der Waals surface area contributed by atoms with E-state index >= 15 is 0 Å². The Bertz CT molecular complexity index is 389. The second-order valence-corrected chi connectivity index (χ2v) is 6.25. The smallest absolute Gasteiger partial charge is 0.0850 e. The highest BCUT2D eigenvalue weighted by Gasteiger charge is 2.29. The summed E-state index contributed by atoms with van der Waals surface area (Å²) in [6.45, 7) is 10.4. The van der Waals surface area contributed by atoms with E-state index in [-0.39, 0.29) is 17.6 Å². The molecular formula is C16H26N2O. The van der Waals surface area contributed by atoms with Crippen molar-refractivity contribution in [3.05, 3.63) is 35.9 Å². The Morgan fingerprint density at radius 1 is 1.37 bits per heavy atom. The summed E-state index contributed by atoms with van der Waals surface area (Å²) in [6, 6.07) is 10.8. The first-order valence-corrected chi connectivity index (χ1v) is 7.14. The van der Waals surface area contributed by atoms with E-state index in [1.807, 2.05) is 6.92 Å². The maximum Gasteiger partial charge on any atom is 0.0850 e. The van der Waals surface area contributed by atoms with Gasteiger partial charge in [0.05, 0.1) is 12.7 Å². The quantitative estimate of drug-likeness (QED) is 0.902. The van der Waals surface area contributed by atoms with Crippen LogP contribution >= 0.6 is 0 Å². The minimum Gasteiger partial charge on any atom is -0.374 e. The van der Waals surface area contributed by atoms with Gasteiger partial charge in [-0.2, -0.15) is 0 Å². The van der Waals surface area contributed by atoms with Crippen molar-refractivity contribution in [2.24, 2.45) is 5.73 Å². The van der Waals surface area contributed by atoms with Gasteiger partial charge in [0.15, 0.2) is 0 Å². The summed E-state index contributed by atoms with van der Waals surface area (Å²) in [7, 11) is 0. The fourth-order valence-corrected chi connectivity index (χ4v) is 2.73. The summed E-state index contributed by atoms with van der Waals surface area (Å²) in [4.78, 5) is 2.48. The van der Waals surface area contributed by atoms with E-state index in [0.29, 0.717) is 0 Å². The highest BCUT2D eigenvalue weighted by molar-refractivity contribution is 5.24. The number of benzene rings is 1. The predicted molar refractivity (Wildman–Crippen MR) is 79.3 cm³/mol. The molecule has 106 valence electrons. The molecule has 0 aliphatic carbocycles. The maximum atomic E-state index is 5.95. The highest BCUT2D eigenvalue weighted by atomic mass is 16.5. The summed E-state index contributed by atoms with van der Waals surface area (Å²) in [5.41, 5.74) is 7.49. The Hall–Kier alpha value is -0.900. The minimum absolute atomic E-state index is 0.0997. The summed E-state index contributed by atoms with van der Waals surface area (Å²) in [5, 5.41) is 0. The molecule has 1 heterocycles. The molecule has 3 heteroatoms. The molecule has 1 saturated heterocycles. The van der Waals surface area contributed by atoms with Crippen molar-refractivity contribution in [3.63, 3.8) is 0 Å². The van der Waals surface area contributed by atoms with E-state index < -0.39 is 0 Å². The van der Waals surface area contributed by atoms with E-state index in [2.05, 4.69) is 49.1 Å². The van der Waals surface area contributed by atoms with Crippen LogP contribution in [0.3, 0.4) is 0 Å². The fourth-order valence-electron chi connectivity index (χ4n) is 2.73. The van der Waals surface area contributed by atoms with Gasteiger partial charge < -0.3 is 10.5 Å². The lowest BCUT2D eigenvalue weighted by atomic mass is 9.84. The SMILES string of the molecule is C[C@@H](N)[C@H]1CN(CC(C)(C)c2ccccc2)CCO1. The molecule has 0 saturated carbocycles. The average molecular weight is 262 g/mol. The average Bonchev–Trinajstić information content (AvgIpc) is 2.39. The number of morpholine rings is 1. The second-order valence-electron chi connectivity index (χ2n) is 6.25. The zero-order valence-electron chi connectivity index (χ0n) is 12.3. The van der Waals surface area contributed by atoms with Gasteiger partial charge in [-0.15, -0.1) is 0 Å². The van der Waals surface area contributed by atoms with Crippen LogP contribution in [0.25, 0.3) is 0 Å². The van der Waals surface area contributed by atoms with E-state index in [9.17, 15) is 0 Å². The van der Waals surface area contributed by atoms with Crippen LogP contribution in [-0.4, -0.2) is 43.3 Å². The largest absolute Gasteiger partial charge is 0.374 e. The van der Waals surface area contributed by atoms with Gasteiger partial charge in [0.2, 0.25) is 0 Å². The van der Waals surface area contributed by atoms with Crippen molar-refractivity contribution in [3.8, 4) is 0 Å². The first kappa shape index (κ1) is 14.5. The molecule has 2 atom stereocenters. The first-order valence-electron chi connectivity index (χ1n) is 7.14. The Kier molecular flexibility index (Phi) is 4.61. The van der Waals surface area contributed by atoms with Crippen LogP contribution in [0.15, 0.2) is 30.3 Å². The summed E-state index contributed by atoms with van der Waals surface area (Å²) >= 11 is 0. The molecule has 2 rings (SSSR count). The first-order chi connectivity index (χ1) is 8.99. The van der Waals surface area contributed by atoms with E-state index in [0.717, 1.165) is 26.2 Å². The molecule has 0 radical (unpaired) electrons. The van der Waals surface area contributed by atoms with Crippen LogP contribution in [0, 0.1) is 0 Å². The van der Waals surface area contributed by atoms with E-state index in [1.165, 1.54) is 5.56 Å². The summed E-state index contributed by atoms with van der Waals surface area (Å²) in [6.07, 6.45) is 0.167. The van der Waals surface area contributed by atoms with Crippen LogP contribution in [-0.2, 0) is 10.2 Å². The molecule has 1 aromatic carbocycles. The molecule has 0 spiro atoms. The Balaban J connectivity index is 2.00. The lowest BCUT2D eigenvalue weighted by Crippen LogP contribution is -2.52. The zero-order chi connectivity index (χ0) is 13.9. The summed E-state index contributed by atoms with van der Waals surface area (Å²) < 4.78 is 5.72. The third kappa shape index (κ3) is 3.78. The molecule has 3 nitrogen and oxygen atoms in total. The number of nitrogens with zero attached hydrogens (tertiary/aromatic N) is 1. The second kappa shape index (κ2) is 6.04. The van der Waals surface area contributed by atoms with Gasteiger partial charge >= 0.3 is 0 Å². The van der Waals surface area contributed by atoms with Crippen LogP contribution in [0.1, 0.15) is 26.3 Å². The number of rotatable bonds is 4. The van der Waals surface area contributed by atoms with E-state index in [4.69, 9.17) is 10.5 Å². The standard InChI is InChI=1S/C16H26N2O/c1-13(17)15-11-18(9-10-19-15)12-16(2,3)14-7-5-4-6-8-14/h4-8,13,15H,9-12,17H2,1-3H3/t13-,15-/m1/s1. The highest BCUT2D eigenvalue weighted by Crippen LogP contribution is 2.25. The van der Waals surface area contributed by atoms with Gasteiger partial charge in [0.1, 0.15) is 0 Å². The number of hydrogen-bond donors (Lipinski definition) is 1. The molecule has 1 aromatic rings. The third-order valence-corrected chi connectivity index (χ3v) is 3.94. The molecule has 1 aliphatic heterocycles. The van der Waals surface area contributed by atoms with Crippen molar-refractivity contribution in [2.45, 2.75) is 38.3 Å². The van der Waals surface area contributed by atoms with Gasteiger partial charge in [-0.3, -0.25) is 4.90 Å². The molecule has 2 N–H and O–H groups in total. The molecule has 0 unspecified atom stereocenters. The Labute approximate surface area is 116 Å². The van der Waals surface area contributed by atoms with Crippen LogP contribution < -0.4 is 5.73 Å². The van der Waals surface area contributed by atoms with Gasteiger partial charge in [0, 0.05) is 31.1 Å². The Morgan fingerprint density at radius 3 is 2.68 bits per heavy atom. The van der Waals surface area contributed by atoms with Crippen LogP contribution in [0.4, 0.5) is 0 Å². The van der Waals surface area contributed by atoms with Crippen molar-refractivity contribution in [2.75, 3.05) is 26.2 Å². The fraction of sp³-hybridized carbons (Fsp3) is 0.625. The monoisotopic (exact) mass is 262 g/mol. The number of nitrogens with two attached hydrogens (primary N) is 1. The lowest BCUT2D eigenvalue weighted by Gasteiger charge is -2.39. The summed E-state index contributed by atoms with van der Waals surface area (Å²) in [5.74, 6) is 0. The van der Waals surface area contributed by atoms with Gasteiger partial charge in [-0.05, 0) is 12.5 Å². The number of ether oxygens (including phenoxy) is 1. The normalized spacial score (nSPS) is 23.3. The predicted octanol–water partition coefficient (Wildman–Crippen LogP) is 2.01. The third-order valence-electron chi connectivity index (χ3n) is 3.94.